The van der Waals surface area contributed by atoms with E-state index in [4.69, 9.17) is 0 Å². The fourth-order valence-corrected chi connectivity index (χ4v) is 3.51. The molecule has 0 saturated carbocycles. The Hall–Kier alpha value is -3.28. The SMILES string of the molecule is Cc1ccc(C(=O)Nc2ccc3c(c2)CCN3)c(-c2ccc(C(F)(F)F)cc2)c1. The monoisotopic (exact) mass is 396 g/mol. The predicted molar refractivity (Wildman–Crippen MR) is 108 cm³/mol. The fourth-order valence-electron chi connectivity index (χ4n) is 3.51. The van der Waals surface area contributed by atoms with Crippen LogP contribution in [0.5, 0.6) is 0 Å². The molecule has 0 saturated heterocycles. The number of carbonyl (C=O) groups excluding carboxylic acids is 1. The number of aryl methyl sites for hydroxylation is 1. The summed E-state index contributed by atoms with van der Waals surface area (Å²) in [6, 6.07) is 15.9. The lowest BCUT2D eigenvalue weighted by molar-refractivity contribution is -0.137. The highest BCUT2D eigenvalue weighted by atomic mass is 19.4. The highest BCUT2D eigenvalue weighted by Gasteiger charge is 2.30. The van der Waals surface area contributed by atoms with Crippen molar-refractivity contribution >= 4 is 17.3 Å². The second-order valence-corrected chi connectivity index (χ2v) is 7.13. The van der Waals surface area contributed by atoms with Crippen LogP contribution in [0.15, 0.2) is 60.7 Å². The third-order valence-electron chi connectivity index (χ3n) is 5.02. The van der Waals surface area contributed by atoms with Crippen LogP contribution >= 0.6 is 0 Å². The van der Waals surface area contributed by atoms with Crippen LogP contribution < -0.4 is 10.6 Å². The Morgan fingerprint density at radius 1 is 1.00 bits per heavy atom. The normalized spacial score (nSPS) is 13.0. The molecule has 0 radical (unpaired) electrons. The van der Waals surface area contributed by atoms with E-state index >= 15 is 0 Å². The van der Waals surface area contributed by atoms with Gasteiger partial charge in [-0.3, -0.25) is 4.79 Å². The lowest BCUT2D eigenvalue weighted by atomic mass is 9.96. The summed E-state index contributed by atoms with van der Waals surface area (Å²) in [5, 5.41) is 6.18. The summed E-state index contributed by atoms with van der Waals surface area (Å²) in [6.07, 6.45) is -3.49. The smallest absolute Gasteiger partial charge is 0.384 e. The Kier molecular flexibility index (Phi) is 4.78. The van der Waals surface area contributed by atoms with Crippen molar-refractivity contribution in [1.82, 2.24) is 0 Å². The van der Waals surface area contributed by atoms with Crippen LogP contribution in [0.4, 0.5) is 24.5 Å². The van der Waals surface area contributed by atoms with Crippen molar-refractivity contribution < 1.29 is 18.0 Å². The number of carbonyl (C=O) groups is 1. The standard InChI is InChI=1S/C23H19F3N2O/c1-14-2-8-19(20(12-14)15-3-5-17(6-4-15)23(24,25)26)22(29)28-18-7-9-21-16(13-18)10-11-27-21/h2-9,12-13,27H,10-11H2,1H3,(H,28,29). The van der Waals surface area contributed by atoms with E-state index in [1.54, 1.807) is 6.07 Å². The summed E-state index contributed by atoms with van der Waals surface area (Å²) < 4.78 is 38.6. The van der Waals surface area contributed by atoms with E-state index in [0.29, 0.717) is 22.4 Å². The highest BCUT2D eigenvalue weighted by Crippen LogP contribution is 2.33. The van der Waals surface area contributed by atoms with Gasteiger partial charge in [0.15, 0.2) is 0 Å². The Balaban J connectivity index is 1.65. The quantitative estimate of drug-likeness (QED) is 0.579. The number of amides is 1. The van der Waals surface area contributed by atoms with Crippen molar-refractivity contribution in [3.63, 3.8) is 0 Å². The van der Waals surface area contributed by atoms with E-state index in [1.807, 2.05) is 37.3 Å². The minimum absolute atomic E-state index is 0.300. The molecule has 3 nitrogen and oxygen atoms in total. The third kappa shape index (κ3) is 3.97. The van der Waals surface area contributed by atoms with Crippen LogP contribution in [0.25, 0.3) is 11.1 Å². The molecule has 2 N–H and O–H groups in total. The number of benzene rings is 3. The number of hydrogen-bond acceptors (Lipinski definition) is 2. The first-order valence-electron chi connectivity index (χ1n) is 9.28. The summed E-state index contributed by atoms with van der Waals surface area (Å²) in [6.45, 7) is 2.76. The van der Waals surface area contributed by atoms with Crippen LogP contribution in [0.3, 0.4) is 0 Å². The van der Waals surface area contributed by atoms with Gasteiger partial charge in [-0.25, -0.2) is 0 Å². The van der Waals surface area contributed by atoms with Gasteiger partial charge in [-0.1, -0.05) is 29.8 Å². The largest absolute Gasteiger partial charge is 0.416 e. The van der Waals surface area contributed by atoms with Gasteiger partial charge in [0.25, 0.3) is 5.91 Å². The maximum Gasteiger partial charge on any atom is 0.416 e. The van der Waals surface area contributed by atoms with E-state index in [1.165, 1.54) is 12.1 Å². The van der Waals surface area contributed by atoms with Crippen molar-refractivity contribution in [3.05, 3.63) is 82.9 Å². The van der Waals surface area contributed by atoms with E-state index in [2.05, 4.69) is 10.6 Å². The summed E-state index contributed by atoms with van der Waals surface area (Å²) in [5.74, 6) is -0.300. The molecule has 29 heavy (non-hydrogen) atoms. The molecule has 6 heteroatoms. The van der Waals surface area contributed by atoms with Crippen molar-refractivity contribution in [3.8, 4) is 11.1 Å². The van der Waals surface area contributed by atoms with Gasteiger partial charge < -0.3 is 10.6 Å². The predicted octanol–water partition coefficient (Wildman–Crippen LogP) is 5.90. The molecule has 0 aromatic heterocycles. The van der Waals surface area contributed by atoms with Gasteiger partial charge in [0.1, 0.15) is 0 Å². The average Bonchev–Trinajstić information content (AvgIpc) is 3.15. The van der Waals surface area contributed by atoms with Gasteiger partial charge in [-0.15, -0.1) is 0 Å². The minimum atomic E-state index is -4.40. The average molecular weight is 396 g/mol. The molecule has 1 amide bonds. The van der Waals surface area contributed by atoms with Gasteiger partial charge in [0.2, 0.25) is 0 Å². The molecule has 0 unspecified atom stereocenters. The van der Waals surface area contributed by atoms with Crippen molar-refractivity contribution in [1.29, 1.82) is 0 Å². The molecule has 0 spiro atoms. The van der Waals surface area contributed by atoms with Crippen LogP contribution in [0.2, 0.25) is 0 Å². The number of fused-ring (bicyclic) bond motifs is 1. The summed E-state index contributed by atoms with van der Waals surface area (Å²) in [4.78, 5) is 12.9. The van der Waals surface area contributed by atoms with Gasteiger partial charge in [0.05, 0.1) is 5.56 Å². The molecule has 148 valence electrons. The molecule has 0 aliphatic carbocycles. The highest BCUT2D eigenvalue weighted by molar-refractivity contribution is 6.09. The summed E-state index contributed by atoms with van der Waals surface area (Å²) in [7, 11) is 0. The van der Waals surface area contributed by atoms with Gasteiger partial charge >= 0.3 is 6.18 Å². The first-order valence-corrected chi connectivity index (χ1v) is 9.28. The molecule has 3 aromatic carbocycles. The molecule has 1 aliphatic rings. The van der Waals surface area contributed by atoms with E-state index in [9.17, 15) is 18.0 Å². The second kappa shape index (κ2) is 7.28. The number of nitrogens with one attached hydrogen (secondary N) is 2. The first kappa shape index (κ1) is 19.1. The maximum absolute atomic E-state index is 12.9. The Morgan fingerprint density at radius 3 is 2.48 bits per heavy atom. The van der Waals surface area contributed by atoms with Crippen LogP contribution in [-0.2, 0) is 12.6 Å². The molecule has 4 rings (SSSR count). The zero-order chi connectivity index (χ0) is 20.6. The number of hydrogen-bond donors (Lipinski definition) is 2. The van der Waals surface area contributed by atoms with Crippen LogP contribution in [0, 0.1) is 6.92 Å². The van der Waals surface area contributed by atoms with Gasteiger partial charge in [-0.2, -0.15) is 13.2 Å². The number of anilines is 2. The minimum Gasteiger partial charge on any atom is -0.384 e. The first-order chi connectivity index (χ1) is 13.8. The third-order valence-corrected chi connectivity index (χ3v) is 5.02. The lowest BCUT2D eigenvalue weighted by Gasteiger charge is -2.13. The maximum atomic E-state index is 12.9. The molecular formula is C23H19F3N2O. The van der Waals surface area contributed by atoms with E-state index in [0.717, 1.165) is 41.9 Å². The molecule has 1 heterocycles. The molecule has 0 bridgehead atoms. The van der Waals surface area contributed by atoms with Crippen LogP contribution in [-0.4, -0.2) is 12.5 Å². The van der Waals surface area contributed by atoms with Crippen molar-refractivity contribution in [2.75, 3.05) is 17.2 Å². The Bertz CT molecular complexity index is 1070. The Morgan fingerprint density at radius 2 is 1.76 bits per heavy atom. The molecule has 0 atom stereocenters. The second-order valence-electron chi connectivity index (χ2n) is 7.13. The Labute approximate surface area is 166 Å². The molecule has 3 aromatic rings. The summed E-state index contributed by atoms with van der Waals surface area (Å²) in [5.41, 5.74) is 4.68. The number of rotatable bonds is 3. The number of alkyl halides is 3. The van der Waals surface area contributed by atoms with Crippen LogP contribution in [0.1, 0.15) is 27.0 Å². The van der Waals surface area contributed by atoms with E-state index in [-0.39, 0.29) is 5.91 Å². The fraction of sp³-hybridized carbons (Fsp3) is 0.174. The topological polar surface area (TPSA) is 41.1 Å². The number of halogens is 3. The summed E-state index contributed by atoms with van der Waals surface area (Å²) >= 11 is 0. The lowest BCUT2D eigenvalue weighted by Crippen LogP contribution is -2.13. The van der Waals surface area contributed by atoms with Gasteiger partial charge in [0, 0.05) is 23.5 Å². The van der Waals surface area contributed by atoms with Crippen molar-refractivity contribution in [2.24, 2.45) is 0 Å². The molecular weight excluding hydrogens is 377 g/mol. The van der Waals surface area contributed by atoms with Gasteiger partial charge in [-0.05, 0) is 66.4 Å². The molecule has 1 aliphatic heterocycles. The van der Waals surface area contributed by atoms with Crippen molar-refractivity contribution in [2.45, 2.75) is 19.5 Å². The van der Waals surface area contributed by atoms with E-state index < -0.39 is 11.7 Å². The zero-order valence-corrected chi connectivity index (χ0v) is 15.7. The molecule has 0 fully saturated rings. The zero-order valence-electron chi connectivity index (χ0n) is 15.7.